The maximum absolute atomic E-state index is 11.3. The summed E-state index contributed by atoms with van der Waals surface area (Å²) in [7, 11) is 1.77. The molecule has 4 nitrogen and oxygen atoms in total. The van der Waals surface area contributed by atoms with Crippen molar-refractivity contribution in [1.82, 2.24) is 9.91 Å². The highest BCUT2D eigenvalue weighted by molar-refractivity contribution is 5.81. The lowest BCUT2D eigenvalue weighted by atomic mass is 10.4. The highest BCUT2D eigenvalue weighted by Crippen LogP contribution is 2.06. The maximum atomic E-state index is 11.3. The Balaban J connectivity index is 2.73. The Morgan fingerprint density at radius 1 is 1.64 bits per heavy atom. The molecule has 1 rings (SSSR count). The van der Waals surface area contributed by atoms with Crippen LogP contribution in [-0.2, 0) is 0 Å². The number of hydrogen-bond acceptors (Lipinski definition) is 2. The predicted molar refractivity (Wildman–Crippen MR) is 43.5 cm³/mol. The number of rotatable bonds is 1. The Bertz CT molecular complexity index is 188. The second-order valence-corrected chi connectivity index (χ2v) is 2.90. The average Bonchev–Trinajstić information content (AvgIpc) is 1.94. The number of carbonyl (C=O) groups is 1. The minimum atomic E-state index is -0.0255. The molecular weight excluding hydrogens is 142 g/mol. The number of urea groups is 1. The van der Waals surface area contributed by atoms with E-state index in [9.17, 15) is 4.79 Å². The molecule has 0 saturated carbocycles. The number of carbonyl (C=O) groups excluding carboxylic acids is 1. The molecule has 0 bridgehead atoms. The van der Waals surface area contributed by atoms with Gasteiger partial charge >= 0.3 is 6.03 Å². The van der Waals surface area contributed by atoms with Gasteiger partial charge in [0.2, 0.25) is 0 Å². The largest absolute Gasteiger partial charge is 0.340 e. The molecular formula is C7H13N3O. The summed E-state index contributed by atoms with van der Waals surface area (Å²) in [5.41, 5.74) is 0. The second-order valence-electron chi connectivity index (χ2n) is 2.90. The zero-order valence-electron chi connectivity index (χ0n) is 7.11. The van der Waals surface area contributed by atoms with Crippen LogP contribution in [0.3, 0.4) is 0 Å². The smallest absolute Gasteiger partial charge is 0.321 e. The summed E-state index contributed by atoms with van der Waals surface area (Å²) in [4.78, 5) is 12.9. The third-order valence-corrected chi connectivity index (χ3v) is 1.57. The fourth-order valence-corrected chi connectivity index (χ4v) is 0.904. The van der Waals surface area contributed by atoms with Crippen molar-refractivity contribution < 1.29 is 4.79 Å². The Morgan fingerprint density at radius 3 is 2.73 bits per heavy atom. The quantitative estimate of drug-likeness (QED) is 0.550. The summed E-state index contributed by atoms with van der Waals surface area (Å²) in [5, 5.41) is 5.45. The molecule has 0 N–H and O–H groups in total. The Hall–Kier alpha value is -1.06. The topological polar surface area (TPSA) is 35.9 Å². The fourth-order valence-electron chi connectivity index (χ4n) is 0.904. The van der Waals surface area contributed by atoms with Gasteiger partial charge in [0.15, 0.2) is 0 Å². The van der Waals surface area contributed by atoms with Gasteiger partial charge in [0.25, 0.3) is 0 Å². The predicted octanol–water partition coefficient (Wildman–Crippen LogP) is 0.748. The fraction of sp³-hybridized carbons (Fsp3) is 0.714. The molecule has 1 aliphatic heterocycles. The number of hydrazone groups is 1. The maximum Gasteiger partial charge on any atom is 0.340 e. The summed E-state index contributed by atoms with van der Waals surface area (Å²) in [5.74, 6) is 0. The molecule has 0 radical (unpaired) electrons. The molecule has 0 aliphatic carbocycles. The first-order valence-electron chi connectivity index (χ1n) is 3.69. The van der Waals surface area contributed by atoms with E-state index in [-0.39, 0.29) is 12.1 Å². The van der Waals surface area contributed by atoms with E-state index in [4.69, 9.17) is 0 Å². The highest BCUT2D eigenvalue weighted by Gasteiger charge is 2.21. The molecule has 0 aromatic carbocycles. The summed E-state index contributed by atoms with van der Waals surface area (Å²) >= 11 is 0. The van der Waals surface area contributed by atoms with Crippen LogP contribution >= 0.6 is 0 Å². The molecule has 1 heterocycles. The van der Waals surface area contributed by atoms with Crippen molar-refractivity contribution in [3.8, 4) is 0 Å². The number of hydrogen-bond donors (Lipinski definition) is 0. The van der Waals surface area contributed by atoms with Crippen LogP contribution < -0.4 is 0 Å². The SMILES string of the molecule is CC(C)N1N=CCN(C)C1=O. The molecule has 0 spiro atoms. The van der Waals surface area contributed by atoms with Crippen molar-refractivity contribution in [3.63, 3.8) is 0 Å². The summed E-state index contributed by atoms with van der Waals surface area (Å²) in [6, 6.07) is 0.115. The molecule has 11 heavy (non-hydrogen) atoms. The first-order valence-corrected chi connectivity index (χ1v) is 3.69. The van der Waals surface area contributed by atoms with Crippen molar-refractivity contribution in [3.05, 3.63) is 0 Å². The van der Waals surface area contributed by atoms with Crippen LogP contribution in [0, 0.1) is 0 Å². The van der Waals surface area contributed by atoms with Gasteiger partial charge in [-0.05, 0) is 13.8 Å². The number of nitrogens with zero attached hydrogens (tertiary/aromatic N) is 3. The Labute approximate surface area is 66.5 Å². The van der Waals surface area contributed by atoms with Crippen LogP contribution in [0.1, 0.15) is 13.8 Å². The number of amides is 2. The molecule has 0 atom stereocenters. The molecule has 0 aromatic rings. The van der Waals surface area contributed by atoms with Crippen LogP contribution in [0.4, 0.5) is 4.79 Å². The molecule has 2 amide bonds. The molecule has 0 unspecified atom stereocenters. The minimum absolute atomic E-state index is 0.0255. The third-order valence-electron chi connectivity index (χ3n) is 1.57. The zero-order chi connectivity index (χ0) is 8.43. The molecule has 0 saturated heterocycles. The van der Waals surface area contributed by atoms with E-state index < -0.39 is 0 Å². The Kier molecular flexibility index (Phi) is 2.12. The molecule has 1 aliphatic rings. The zero-order valence-corrected chi connectivity index (χ0v) is 7.11. The van der Waals surface area contributed by atoms with E-state index in [1.54, 1.807) is 18.2 Å². The van der Waals surface area contributed by atoms with E-state index >= 15 is 0 Å². The molecule has 4 heteroatoms. The monoisotopic (exact) mass is 155 g/mol. The van der Waals surface area contributed by atoms with Gasteiger partial charge in [-0.15, -0.1) is 0 Å². The van der Waals surface area contributed by atoms with Crippen molar-refractivity contribution in [1.29, 1.82) is 0 Å². The lowest BCUT2D eigenvalue weighted by Crippen LogP contribution is -2.45. The van der Waals surface area contributed by atoms with Crippen molar-refractivity contribution in [2.75, 3.05) is 13.6 Å². The van der Waals surface area contributed by atoms with Gasteiger partial charge in [-0.3, -0.25) is 0 Å². The van der Waals surface area contributed by atoms with Gasteiger partial charge in [-0.2, -0.15) is 5.10 Å². The minimum Gasteiger partial charge on any atom is -0.321 e. The van der Waals surface area contributed by atoms with E-state index in [1.807, 2.05) is 13.8 Å². The standard InChI is InChI=1S/C7H13N3O/c1-6(2)10-7(11)9(3)5-4-8-10/h4,6H,5H2,1-3H3. The van der Waals surface area contributed by atoms with Gasteiger partial charge in [0.05, 0.1) is 12.6 Å². The van der Waals surface area contributed by atoms with E-state index in [0.29, 0.717) is 6.54 Å². The van der Waals surface area contributed by atoms with Gasteiger partial charge in [-0.25, -0.2) is 9.80 Å². The van der Waals surface area contributed by atoms with Gasteiger partial charge in [0.1, 0.15) is 0 Å². The van der Waals surface area contributed by atoms with E-state index in [2.05, 4.69) is 5.10 Å². The highest BCUT2D eigenvalue weighted by atomic mass is 16.2. The third kappa shape index (κ3) is 1.50. The lowest BCUT2D eigenvalue weighted by Gasteiger charge is -2.29. The van der Waals surface area contributed by atoms with Gasteiger partial charge in [0, 0.05) is 13.3 Å². The van der Waals surface area contributed by atoms with Crippen LogP contribution in [0.5, 0.6) is 0 Å². The van der Waals surface area contributed by atoms with Crippen molar-refractivity contribution in [2.45, 2.75) is 19.9 Å². The van der Waals surface area contributed by atoms with E-state index in [0.717, 1.165) is 0 Å². The van der Waals surface area contributed by atoms with E-state index in [1.165, 1.54) is 5.01 Å². The Morgan fingerprint density at radius 2 is 2.27 bits per heavy atom. The van der Waals surface area contributed by atoms with Gasteiger partial charge < -0.3 is 4.90 Å². The van der Waals surface area contributed by atoms with Gasteiger partial charge in [-0.1, -0.05) is 0 Å². The van der Waals surface area contributed by atoms with Crippen LogP contribution in [0.15, 0.2) is 5.10 Å². The lowest BCUT2D eigenvalue weighted by molar-refractivity contribution is 0.151. The van der Waals surface area contributed by atoms with Crippen molar-refractivity contribution in [2.24, 2.45) is 5.10 Å². The molecule has 0 fully saturated rings. The summed E-state index contributed by atoms with van der Waals surface area (Å²) in [6.07, 6.45) is 1.74. The van der Waals surface area contributed by atoms with Crippen LogP contribution in [0.25, 0.3) is 0 Å². The average molecular weight is 155 g/mol. The molecule has 62 valence electrons. The summed E-state index contributed by atoms with van der Waals surface area (Å²) < 4.78 is 0. The van der Waals surface area contributed by atoms with Crippen LogP contribution in [0.2, 0.25) is 0 Å². The van der Waals surface area contributed by atoms with Crippen molar-refractivity contribution >= 4 is 12.2 Å². The first-order chi connectivity index (χ1) is 5.13. The summed E-state index contributed by atoms with van der Waals surface area (Å²) in [6.45, 7) is 4.49. The normalized spacial score (nSPS) is 18.4. The molecule has 0 aromatic heterocycles. The van der Waals surface area contributed by atoms with Crippen LogP contribution in [-0.4, -0.2) is 41.8 Å². The first kappa shape index (κ1) is 8.04. The second kappa shape index (κ2) is 2.90.